The van der Waals surface area contributed by atoms with E-state index in [1.807, 2.05) is 4.90 Å². The van der Waals surface area contributed by atoms with E-state index in [2.05, 4.69) is 0 Å². The Labute approximate surface area is 140 Å². The van der Waals surface area contributed by atoms with E-state index in [0.717, 1.165) is 12.8 Å². The Morgan fingerprint density at radius 2 is 1.83 bits per heavy atom. The van der Waals surface area contributed by atoms with Crippen molar-refractivity contribution in [2.75, 3.05) is 13.1 Å². The molecular weight excluding hydrogens is 311 g/mol. The molecule has 3 aliphatic rings. The van der Waals surface area contributed by atoms with Gasteiger partial charge < -0.3 is 20.5 Å². The molecule has 2 aliphatic carbocycles. The summed E-state index contributed by atoms with van der Waals surface area (Å²) in [6.45, 7) is 1.38. The van der Waals surface area contributed by atoms with Crippen molar-refractivity contribution in [1.29, 1.82) is 0 Å². The van der Waals surface area contributed by atoms with Crippen molar-refractivity contribution < 1.29 is 19.0 Å². The highest BCUT2D eigenvalue weighted by molar-refractivity contribution is 5.89. The Hall–Kier alpha value is -1.66. The average molecular weight is 334 g/mol. The number of benzene rings is 1. The molecule has 1 aromatic rings. The molecule has 2 saturated carbocycles. The Morgan fingerprint density at radius 1 is 1.21 bits per heavy atom. The number of hydrogen-bond acceptors (Lipinski definition) is 4. The van der Waals surface area contributed by atoms with Crippen molar-refractivity contribution in [3.05, 3.63) is 30.1 Å². The van der Waals surface area contributed by atoms with Gasteiger partial charge in [0.1, 0.15) is 17.7 Å². The number of rotatable bonds is 3. The molecule has 0 unspecified atom stereocenters. The summed E-state index contributed by atoms with van der Waals surface area (Å²) in [6.07, 6.45) is 1.98. The normalized spacial score (nSPS) is 33.9. The number of halogens is 1. The molecule has 1 aromatic carbocycles. The maximum atomic E-state index is 13.0. The summed E-state index contributed by atoms with van der Waals surface area (Å²) >= 11 is 0. The van der Waals surface area contributed by atoms with Crippen molar-refractivity contribution in [2.24, 2.45) is 17.6 Å². The summed E-state index contributed by atoms with van der Waals surface area (Å²) in [5.74, 6) is 0.933. The maximum absolute atomic E-state index is 13.0. The smallest absolute Gasteiger partial charge is 0.242 e. The Kier molecular flexibility index (Phi) is 3.77. The van der Waals surface area contributed by atoms with E-state index in [1.54, 1.807) is 12.1 Å². The highest BCUT2D eigenvalue weighted by atomic mass is 19.1. The van der Waals surface area contributed by atoms with Gasteiger partial charge in [-0.3, -0.25) is 4.79 Å². The van der Waals surface area contributed by atoms with Crippen LogP contribution < -0.4 is 10.5 Å². The minimum absolute atomic E-state index is 0.0578. The first-order chi connectivity index (χ1) is 11.4. The van der Waals surface area contributed by atoms with E-state index < -0.39 is 11.6 Å². The highest BCUT2D eigenvalue weighted by Crippen LogP contribution is 2.41. The molecule has 4 rings (SSSR count). The first kappa shape index (κ1) is 15.8. The van der Waals surface area contributed by atoms with Crippen LogP contribution >= 0.6 is 0 Å². The minimum atomic E-state index is -0.629. The van der Waals surface area contributed by atoms with Gasteiger partial charge in [0, 0.05) is 13.1 Å². The van der Waals surface area contributed by atoms with E-state index in [4.69, 9.17) is 10.5 Å². The van der Waals surface area contributed by atoms with E-state index >= 15 is 0 Å². The molecule has 0 aromatic heterocycles. The van der Waals surface area contributed by atoms with Gasteiger partial charge in [-0.05, 0) is 61.8 Å². The van der Waals surface area contributed by atoms with Gasteiger partial charge >= 0.3 is 0 Å². The number of aliphatic hydroxyl groups is 1. The molecule has 24 heavy (non-hydrogen) atoms. The van der Waals surface area contributed by atoms with Gasteiger partial charge in [-0.1, -0.05) is 0 Å². The number of likely N-dealkylation sites (tertiary alicyclic amines) is 1. The van der Waals surface area contributed by atoms with Gasteiger partial charge in [-0.25, -0.2) is 4.39 Å². The number of fused-ring (bicyclic) bond motifs is 1. The van der Waals surface area contributed by atoms with Crippen LogP contribution in [0.2, 0.25) is 0 Å². The zero-order valence-corrected chi connectivity index (χ0v) is 13.5. The lowest BCUT2D eigenvalue weighted by atomic mass is 9.78. The topological polar surface area (TPSA) is 75.8 Å². The van der Waals surface area contributed by atoms with Crippen molar-refractivity contribution in [1.82, 2.24) is 4.90 Å². The maximum Gasteiger partial charge on any atom is 0.242 e. The summed E-state index contributed by atoms with van der Waals surface area (Å²) in [6, 6.07) is 5.84. The van der Waals surface area contributed by atoms with Gasteiger partial charge in [-0.15, -0.1) is 0 Å². The quantitative estimate of drug-likeness (QED) is 0.873. The fraction of sp³-hybridized carbons (Fsp3) is 0.611. The average Bonchev–Trinajstić information content (AvgIpc) is 3.18. The summed E-state index contributed by atoms with van der Waals surface area (Å²) in [7, 11) is 0. The largest absolute Gasteiger partial charge is 0.488 e. The second-order valence-corrected chi connectivity index (χ2v) is 7.54. The molecule has 3 fully saturated rings. The number of carbonyl (C=O) groups excluding carboxylic acids is 1. The number of amides is 1. The molecule has 1 aliphatic heterocycles. The Bertz CT molecular complexity index is 632. The van der Waals surface area contributed by atoms with E-state index in [0.29, 0.717) is 43.5 Å². The van der Waals surface area contributed by atoms with Crippen LogP contribution in [0.25, 0.3) is 0 Å². The first-order valence-electron chi connectivity index (χ1n) is 8.63. The van der Waals surface area contributed by atoms with Crippen LogP contribution in [0.15, 0.2) is 24.3 Å². The molecule has 5 nitrogen and oxygen atoms in total. The first-order valence-corrected chi connectivity index (χ1v) is 8.63. The molecule has 1 heterocycles. The number of aliphatic hydroxyl groups excluding tert-OH is 1. The molecule has 0 spiro atoms. The van der Waals surface area contributed by atoms with Crippen molar-refractivity contribution in [3.8, 4) is 5.75 Å². The molecule has 6 heteroatoms. The van der Waals surface area contributed by atoms with Gasteiger partial charge in [0.05, 0.1) is 11.6 Å². The Balaban J connectivity index is 1.40. The standard InChI is InChI=1S/C18H23FN2O3/c19-13-1-3-14(4-2-13)24-16-8-12-10-21(9-11(12)7-15(16)22)17(23)18(20)5-6-18/h1-4,11-12,15-16,22H,5-10,20H2/t11-,12+,15+,16+/m0/s1. The van der Waals surface area contributed by atoms with Crippen LogP contribution in [0.5, 0.6) is 5.75 Å². The van der Waals surface area contributed by atoms with Crippen LogP contribution in [0, 0.1) is 17.7 Å². The molecule has 130 valence electrons. The molecule has 0 bridgehead atoms. The SMILES string of the molecule is NC1(C(=O)N2C[C@H]3C[C@@H](Oc4ccc(F)cc4)[C@H](O)C[C@H]3C2)CC1. The molecule has 1 saturated heterocycles. The van der Waals surface area contributed by atoms with Gasteiger partial charge in [0.15, 0.2) is 0 Å². The van der Waals surface area contributed by atoms with Crippen molar-refractivity contribution >= 4 is 5.91 Å². The lowest BCUT2D eigenvalue weighted by Gasteiger charge is -2.35. The van der Waals surface area contributed by atoms with Crippen LogP contribution in [-0.2, 0) is 4.79 Å². The Morgan fingerprint density at radius 3 is 2.46 bits per heavy atom. The summed E-state index contributed by atoms with van der Waals surface area (Å²) in [4.78, 5) is 14.3. The van der Waals surface area contributed by atoms with Crippen LogP contribution in [0.3, 0.4) is 0 Å². The third kappa shape index (κ3) is 2.89. The second-order valence-electron chi connectivity index (χ2n) is 7.54. The minimum Gasteiger partial charge on any atom is -0.488 e. The molecule has 3 N–H and O–H groups in total. The van der Waals surface area contributed by atoms with E-state index in [9.17, 15) is 14.3 Å². The molecular formula is C18H23FN2O3. The zero-order valence-electron chi connectivity index (χ0n) is 13.5. The highest BCUT2D eigenvalue weighted by Gasteiger charge is 2.52. The summed E-state index contributed by atoms with van der Waals surface area (Å²) in [5.41, 5.74) is 5.40. The third-order valence-corrected chi connectivity index (χ3v) is 5.69. The number of carbonyl (C=O) groups is 1. The monoisotopic (exact) mass is 334 g/mol. The number of hydrogen-bond donors (Lipinski definition) is 2. The predicted octanol–water partition coefficient (Wildman–Crippen LogP) is 1.29. The third-order valence-electron chi connectivity index (χ3n) is 5.69. The van der Waals surface area contributed by atoms with E-state index in [-0.39, 0.29) is 17.8 Å². The van der Waals surface area contributed by atoms with Gasteiger partial charge in [0.2, 0.25) is 5.91 Å². The van der Waals surface area contributed by atoms with Crippen molar-refractivity contribution in [2.45, 2.75) is 43.4 Å². The van der Waals surface area contributed by atoms with Crippen molar-refractivity contribution in [3.63, 3.8) is 0 Å². The number of ether oxygens (including phenoxy) is 1. The predicted molar refractivity (Wildman–Crippen MR) is 85.8 cm³/mol. The summed E-state index contributed by atoms with van der Waals surface area (Å²) in [5, 5.41) is 10.4. The van der Waals surface area contributed by atoms with E-state index in [1.165, 1.54) is 12.1 Å². The van der Waals surface area contributed by atoms with Crippen LogP contribution in [-0.4, -0.2) is 46.7 Å². The van der Waals surface area contributed by atoms with Gasteiger partial charge in [0.25, 0.3) is 0 Å². The molecule has 1 amide bonds. The van der Waals surface area contributed by atoms with Crippen LogP contribution in [0.4, 0.5) is 4.39 Å². The fourth-order valence-electron chi connectivity index (χ4n) is 4.03. The number of nitrogens with two attached hydrogens (primary N) is 1. The molecule has 0 radical (unpaired) electrons. The van der Waals surface area contributed by atoms with Crippen LogP contribution in [0.1, 0.15) is 25.7 Å². The fourth-order valence-corrected chi connectivity index (χ4v) is 4.03. The lowest BCUT2D eigenvalue weighted by Crippen LogP contribution is -2.44. The zero-order chi connectivity index (χ0) is 16.9. The second kappa shape index (κ2) is 5.70. The lowest BCUT2D eigenvalue weighted by molar-refractivity contribution is -0.132. The summed E-state index contributed by atoms with van der Waals surface area (Å²) < 4.78 is 18.8. The molecule has 4 atom stereocenters. The van der Waals surface area contributed by atoms with Gasteiger partial charge in [-0.2, -0.15) is 0 Å². The number of nitrogens with zero attached hydrogens (tertiary/aromatic N) is 1.